The highest BCUT2D eigenvalue weighted by Gasteiger charge is 2.34. The number of amides is 2. The van der Waals surface area contributed by atoms with E-state index in [-0.39, 0.29) is 23.7 Å². The standard InChI is InChI=1S/C25H30BrN5O2S/c1-28(19-9-12-29(15-19)11-5-8-18-6-3-2-4-7-18)25(33)30-13-10-20(16-30)31-17-27-21-14-22(26)34-23(21)24(31)32/h2-4,6-7,14,17,19-20H,5,8-13,15-16H2,1H3/t19-,20-/m0/s1. The zero-order valence-corrected chi connectivity index (χ0v) is 21.8. The molecule has 3 aromatic rings. The molecule has 1 aromatic carbocycles. The highest BCUT2D eigenvalue weighted by atomic mass is 79.9. The summed E-state index contributed by atoms with van der Waals surface area (Å²) in [5.74, 6) is 0. The van der Waals surface area contributed by atoms with Gasteiger partial charge in [0, 0.05) is 39.3 Å². The number of carbonyl (C=O) groups excluding carboxylic acids is 1. The summed E-state index contributed by atoms with van der Waals surface area (Å²) in [6.45, 7) is 4.26. The molecule has 4 heterocycles. The van der Waals surface area contributed by atoms with Gasteiger partial charge < -0.3 is 14.7 Å². The maximum atomic E-state index is 13.2. The monoisotopic (exact) mass is 543 g/mol. The molecule has 0 unspecified atom stereocenters. The lowest BCUT2D eigenvalue weighted by molar-refractivity contribution is 0.154. The Morgan fingerprint density at radius 3 is 2.85 bits per heavy atom. The van der Waals surface area contributed by atoms with Gasteiger partial charge in [-0.25, -0.2) is 9.78 Å². The van der Waals surface area contributed by atoms with Crippen LogP contribution in [0.1, 0.15) is 30.9 Å². The van der Waals surface area contributed by atoms with Crippen LogP contribution >= 0.6 is 27.3 Å². The molecule has 5 rings (SSSR count). The van der Waals surface area contributed by atoms with Gasteiger partial charge >= 0.3 is 6.03 Å². The van der Waals surface area contributed by atoms with Crippen LogP contribution in [0.2, 0.25) is 0 Å². The number of aryl methyl sites for hydroxylation is 1. The van der Waals surface area contributed by atoms with E-state index in [0.717, 1.165) is 54.6 Å². The third kappa shape index (κ3) is 4.92. The van der Waals surface area contributed by atoms with Crippen molar-refractivity contribution in [3.63, 3.8) is 0 Å². The summed E-state index contributed by atoms with van der Waals surface area (Å²) in [5, 5.41) is 0. The molecule has 2 aliphatic heterocycles. The first kappa shape index (κ1) is 23.5. The number of likely N-dealkylation sites (N-methyl/N-ethyl adjacent to an activating group) is 1. The van der Waals surface area contributed by atoms with E-state index in [1.807, 2.05) is 22.9 Å². The Balaban J connectivity index is 1.14. The fraction of sp³-hybridized carbons (Fsp3) is 0.480. The van der Waals surface area contributed by atoms with Crippen LogP contribution in [0.5, 0.6) is 0 Å². The van der Waals surface area contributed by atoms with Gasteiger partial charge in [-0.15, -0.1) is 11.3 Å². The Hall–Kier alpha value is -2.23. The van der Waals surface area contributed by atoms with E-state index in [0.29, 0.717) is 17.8 Å². The zero-order valence-electron chi connectivity index (χ0n) is 19.4. The highest BCUT2D eigenvalue weighted by Crippen LogP contribution is 2.28. The maximum Gasteiger partial charge on any atom is 0.320 e. The molecule has 2 aromatic heterocycles. The Bertz CT molecular complexity index is 1210. The number of urea groups is 1. The molecule has 0 bridgehead atoms. The van der Waals surface area contributed by atoms with E-state index in [4.69, 9.17) is 0 Å². The van der Waals surface area contributed by atoms with Crippen molar-refractivity contribution in [3.8, 4) is 0 Å². The normalized spacial score (nSPS) is 20.9. The first-order valence-electron chi connectivity index (χ1n) is 11.9. The molecule has 2 atom stereocenters. The van der Waals surface area contributed by atoms with Crippen molar-refractivity contribution in [2.75, 3.05) is 39.8 Å². The molecule has 0 radical (unpaired) electrons. The number of thiophene rings is 1. The van der Waals surface area contributed by atoms with Crippen LogP contribution in [0.3, 0.4) is 0 Å². The van der Waals surface area contributed by atoms with Crippen molar-refractivity contribution in [1.82, 2.24) is 24.3 Å². The van der Waals surface area contributed by atoms with Crippen LogP contribution in [0.4, 0.5) is 4.79 Å². The Morgan fingerprint density at radius 1 is 1.21 bits per heavy atom. The number of carbonyl (C=O) groups is 1. The lowest BCUT2D eigenvalue weighted by atomic mass is 10.1. The van der Waals surface area contributed by atoms with Gasteiger partial charge in [0.05, 0.1) is 21.7 Å². The van der Waals surface area contributed by atoms with Gasteiger partial charge in [0.15, 0.2) is 0 Å². The van der Waals surface area contributed by atoms with Crippen molar-refractivity contribution in [2.45, 2.75) is 37.8 Å². The topological polar surface area (TPSA) is 61.7 Å². The fourth-order valence-corrected chi connectivity index (χ4v) is 6.64. The average Bonchev–Trinajstić information content (AvgIpc) is 3.59. The Labute approximate surface area is 212 Å². The molecule has 7 nitrogen and oxygen atoms in total. The first-order chi connectivity index (χ1) is 16.5. The summed E-state index contributed by atoms with van der Waals surface area (Å²) in [6, 6.07) is 12.8. The number of fused-ring (bicyclic) bond motifs is 1. The third-order valence-electron chi connectivity index (χ3n) is 7.14. The predicted octanol–water partition coefficient (Wildman–Crippen LogP) is 4.23. The number of benzene rings is 1. The van der Waals surface area contributed by atoms with Gasteiger partial charge in [-0.1, -0.05) is 30.3 Å². The van der Waals surface area contributed by atoms with Gasteiger partial charge in [-0.05, 0) is 59.8 Å². The number of halogens is 1. The van der Waals surface area contributed by atoms with Crippen LogP contribution in [0.25, 0.3) is 10.2 Å². The zero-order chi connectivity index (χ0) is 23.7. The lowest BCUT2D eigenvalue weighted by Gasteiger charge is -2.29. The molecule has 2 saturated heterocycles. The van der Waals surface area contributed by atoms with Crippen LogP contribution in [0.15, 0.2) is 51.3 Å². The maximum absolute atomic E-state index is 13.2. The number of hydrogen-bond donors (Lipinski definition) is 0. The van der Waals surface area contributed by atoms with Gasteiger partial charge in [0.1, 0.15) is 4.70 Å². The van der Waals surface area contributed by atoms with Gasteiger partial charge in [-0.3, -0.25) is 9.36 Å². The SMILES string of the molecule is CN(C(=O)N1CC[C@H](n2cnc3cc(Br)sc3c2=O)C1)[C@H]1CCN(CCCc2ccccc2)C1. The summed E-state index contributed by atoms with van der Waals surface area (Å²) in [6.07, 6.45) is 5.65. The van der Waals surface area contributed by atoms with Crippen molar-refractivity contribution >= 4 is 43.5 Å². The summed E-state index contributed by atoms with van der Waals surface area (Å²) in [5.41, 5.74) is 2.09. The first-order valence-corrected chi connectivity index (χ1v) is 13.5. The number of hydrogen-bond acceptors (Lipinski definition) is 5. The molecule has 0 N–H and O–H groups in total. The highest BCUT2D eigenvalue weighted by molar-refractivity contribution is 9.11. The molecule has 0 aliphatic carbocycles. The molecular formula is C25H30BrN5O2S. The van der Waals surface area contributed by atoms with Gasteiger partial charge in [0.25, 0.3) is 5.56 Å². The smallest absolute Gasteiger partial charge is 0.320 e. The number of likely N-dealkylation sites (tertiary alicyclic amines) is 2. The molecule has 2 fully saturated rings. The number of aromatic nitrogens is 2. The molecular weight excluding hydrogens is 514 g/mol. The van der Waals surface area contributed by atoms with E-state index in [2.05, 4.69) is 56.1 Å². The molecule has 0 saturated carbocycles. The number of rotatable bonds is 6. The molecule has 34 heavy (non-hydrogen) atoms. The Morgan fingerprint density at radius 2 is 2.03 bits per heavy atom. The minimum Gasteiger partial charge on any atom is -0.323 e. The number of nitrogens with zero attached hydrogens (tertiary/aromatic N) is 5. The molecule has 180 valence electrons. The van der Waals surface area contributed by atoms with Crippen LogP contribution < -0.4 is 5.56 Å². The minimum atomic E-state index is -0.0271. The summed E-state index contributed by atoms with van der Waals surface area (Å²) >= 11 is 4.85. The van der Waals surface area contributed by atoms with Gasteiger partial charge in [0.2, 0.25) is 0 Å². The second-order valence-corrected chi connectivity index (χ2v) is 11.8. The van der Waals surface area contributed by atoms with E-state index in [1.54, 1.807) is 10.9 Å². The lowest BCUT2D eigenvalue weighted by Crippen LogP contribution is -2.46. The summed E-state index contributed by atoms with van der Waals surface area (Å²) in [7, 11) is 1.93. The largest absolute Gasteiger partial charge is 0.323 e. The van der Waals surface area contributed by atoms with Crippen LogP contribution in [-0.4, -0.2) is 76.1 Å². The quantitative estimate of drug-likeness (QED) is 0.466. The van der Waals surface area contributed by atoms with E-state index < -0.39 is 0 Å². The van der Waals surface area contributed by atoms with Crippen molar-refractivity contribution in [3.05, 3.63) is 62.4 Å². The average molecular weight is 545 g/mol. The van der Waals surface area contributed by atoms with Crippen LogP contribution in [-0.2, 0) is 6.42 Å². The minimum absolute atomic E-state index is 0.0182. The van der Waals surface area contributed by atoms with E-state index in [9.17, 15) is 9.59 Å². The summed E-state index contributed by atoms with van der Waals surface area (Å²) in [4.78, 5) is 36.9. The van der Waals surface area contributed by atoms with E-state index >= 15 is 0 Å². The van der Waals surface area contributed by atoms with Crippen molar-refractivity contribution < 1.29 is 4.79 Å². The molecule has 0 spiro atoms. The van der Waals surface area contributed by atoms with Gasteiger partial charge in [-0.2, -0.15) is 0 Å². The van der Waals surface area contributed by atoms with Crippen molar-refractivity contribution in [2.24, 2.45) is 0 Å². The third-order valence-corrected chi connectivity index (χ3v) is 8.75. The van der Waals surface area contributed by atoms with Crippen LogP contribution in [0, 0.1) is 0 Å². The van der Waals surface area contributed by atoms with E-state index in [1.165, 1.54) is 16.9 Å². The Kier molecular flexibility index (Phi) is 7.04. The molecule has 2 aliphatic rings. The second-order valence-electron chi connectivity index (χ2n) is 9.34. The fourth-order valence-electron chi connectivity index (χ4n) is 5.16. The molecule has 9 heteroatoms. The second kappa shape index (κ2) is 10.2. The predicted molar refractivity (Wildman–Crippen MR) is 140 cm³/mol. The molecule has 2 amide bonds. The van der Waals surface area contributed by atoms with Crippen molar-refractivity contribution in [1.29, 1.82) is 0 Å². The summed E-state index contributed by atoms with van der Waals surface area (Å²) < 4.78 is 3.28.